The number of fused-ring (bicyclic) bond motifs is 7. The van der Waals surface area contributed by atoms with Crippen LogP contribution in [-0.4, -0.2) is 0 Å². The van der Waals surface area contributed by atoms with E-state index in [1.165, 1.54) is 99.8 Å². The summed E-state index contributed by atoms with van der Waals surface area (Å²) < 4.78 is 0. The van der Waals surface area contributed by atoms with Crippen molar-refractivity contribution < 1.29 is 0 Å². The average Bonchev–Trinajstić information content (AvgIpc) is 3.74. The van der Waals surface area contributed by atoms with Crippen molar-refractivity contribution in [1.29, 1.82) is 0 Å². The molecule has 0 saturated heterocycles. The van der Waals surface area contributed by atoms with Gasteiger partial charge in [0.2, 0.25) is 0 Å². The normalized spacial score (nSPS) is 13.8. The van der Waals surface area contributed by atoms with Crippen molar-refractivity contribution in [2.24, 2.45) is 0 Å². The molecular formula is C64H49N. The summed E-state index contributed by atoms with van der Waals surface area (Å²) in [7, 11) is 0. The summed E-state index contributed by atoms with van der Waals surface area (Å²) in [5.74, 6) is 0. The smallest absolute Gasteiger partial charge is 0.0462 e. The third-order valence-electron chi connectivity index (χ3n) is 14.5. The molecule has 12 rings (SSSR count). The van der Waals surface area contributed by atoms with E-state index in [4.69, 9.17) is 0 Å². The fourth-order valence-electron chi connectivity index (χ4n) is 11.1. The number of hydrogen-bond acceptors (Lipinski definition) is 1. The molecule has 0 spiro atoms. The zero-order valence-corrected chi connectivity index (χ0v) is 37.3. The Morgan fingerprint density at radius 3 is 1.31 bits per heavy atom. The van der Waals surface area contributed by atoms with Gasteiger partial charge in [0.15, 0.2) is 0 Å². The summed E-state index contributed by atoms with van der Waals surface area (Å²) in [5, 5.41) is 2.50. The molecule has 0 aliphatic heterocycles. The molecule has 1 nitrogen and oxygen atoms in total. The van der Waals surface area contributed by atoms with Crippen LogP contribution in [0.3, 0.4) is 0 Å². The quantitative estimate of drug-likeness (QED) is 0.155. The molecule has 0 atom stereocenters. The lowest BCUT2D eigenvalue weighted by atomic mass is 9.78. The summed E-state index contributed by atoms with van der Waals surface area (Å²) in [6.45, 7) is 9.45. The maximum absolute atomic E-state index is 2.41. The average molecular weight is 832 g/mol. The molecule has 10 aromatic carbocycles. The molecule has 65 heavy (non-hydrogen) atoms. The molecule has 0 saturated carbocycles. The van der Waals surface area contributed by atoms with Crippen molar-refractivity contribution >= 4 is 27.8 Å². The van der Waals surface area contributed by atoms with E-state index in [2.05, 4.69) is 257 Å². The van der Waals surface area contributed by atoms with Crippen LogP contribution in [0.4, 0.5) is 17.1 Å². The summed E-state index contributed by atoms with van der Waals surface area (Å²) in [4.78, 5) is 2.38. The monoisotopic (exact) mass is 831 g/mol. The molecule has 0 aromatic heterocycles. The number of benzene rings is 10. The molecule has 1 heteroatoms. The van der Waals surface area contributed by atoms with E-state index in [0.717, 1.165) is 17.1 Å². The van der Waals surface area contributed by atoms with E-state index in [9.17, 15) is 0 Å². The highest BCUT2D eigenvalue weighted by Crippen LogP contribution is 2.53. The minimum Gasteiger partial charge on any atom is -0.311 e. The molecule has 0 unspecified atom stereocenters. The Morgan fingerprint density at radius 2 is 0.677 bits per heavy atom. The molecule has 0 bridgehead atoms. The first-order valence-electron chi connectivity index (χ1n) is 22.9. The van der Waals surface area contributed by atoms with Crippen LogP contribution in [-0.2, 0) is 10.8 Å². The Morgan fingerprint density at radius 1 is 0.262 bits per heavy atom. The molecule has 2 aliphatic rings. The van der Waals surface area contributed by atoms with Crippen LogP contribution in [0, 0.1) is 0 Å². The van der Waals surface area contributed by atoms with Crippen molar-refractivity contribution in [1.82, 2.24) is 0 Å². The van der Waals surface area contributed by atoms with Crippen LogP contribution < -0.4 is 4.90 Å². The van der Waals surface area contributed by atoms with E-state index in [1.807, 2.05) is 0 Å². The summed E-state index contributed by atoms with van der Waals surface area (Å²) >= 11 is 0. The maximum atomic E-state index is 2.41. The second kappa shape index (κ2) is 14.9. The minimum absolute atomic E-state index is 0.0477. The Bertz CT molecular complexity index is 3460. The first-order chi connectivity index (χ1) is 31.7. The predicted octanol–water partition coefficient (Wildman–Crippen LogP) is 17.6. The van der Waals surface area contributed by atoms with E-state index in [1.54, 1.807) is 0 Å². The summed E-state index contributed by atoms with van der Waals surface area (Å²) in [6.07, 6.45) is 0. The first-order valence-corrected chi connectivity index (χ1v) is 22.9. The van der Waals surface area contributed by atoms with Gasteiger partial charge in [-0.3, -0.25) is 0 Å². The third kappa shape index (κ3) is 6.29. The third-order valence-corrected chi connectivity index (χ3v) is 14.5. The van der Waals surface area contributed by atoms with Crippen LogP contribution in [0.15, 0.2) is 224 Å². The Balaban J connectivity index is 0.921. The zero-order chi connectivity index (χ0) is 43.9. The van der Waals surface area contributed by atoms with Crippen molar-refractivity contribution in [3.63, 3.8) is 0 Å². The minimum atomic E-state index is -0.109. The lowest BCUT2D eigenvalue weighted by Gasteiger charge is -2.27. The molecule has 0 fully saturated rings. The van der Waals surface area contributed by atoms with Crippen molar-refractivity contribution in [2.45, 2.75) is 38.5 Å². The molecule has 2 aliphatic carbocycles. The van der Waals surface area contributed by atoms with E-state index < -0.39 is 0 Å². The lowest BCUT2D eigenvalue weighted by molar-refractivity contribution is 0.660. The maximum Gasteiger partial charge on any atom is 0.0462 e. The predicted molar refractivity (Wildman–Crippen MR) is 276 cm³/mol. The van der Waals surface area contributed by atoms with Crippen molar-refractivity contribution in [3.8, 4) is 66.8 Å². The number of rotatable bonds is 7. The Labute approximate surface area is 383 Å². The zero-order valence-electron chi connectivity index (χ0n) is 37.3. The van der Waals surface area contributed by atoms with Crippen molar-refractivity contribution in [2.75, 3.05) is 4.90 Å². The fraction of sp³-hybridized carbons (Fsp3) is 0.0938. The van der Waals surface area contributed by atoms with Gasteiger partial charge in [0.05, 0.1) is 0 Å². The lowest BCUT2D eigenvalue weighted by Crippen LogP contribution is -2.16. The van der Waals surface area contributed by atoms with Gasteiger partial charge in [-0.15, -0.1) is 0 Å². The van der Waals surface area contributed by atoms with E-state index in [-0.39, 0.29) is 10.8 Å². The molecule has 0 radical (unpaired) electrons. The van der Waals surface area contributed by atoms with Gasteiger partial charge in [0.1, 0.15) is 0 Å². The van der Waals surface area contributed by atoms with Gasteiger partial charge in [-0.05, 0) is 148 Å². The second-order valence-corrected chi connectivity index (χ2v) is 18.9. The molecule has 10 aromatic rings. The second-order valence-electron chi connectivity index (χ2n) is 18.9. The van der Waals surface area contributed by atoms with Gasteiger partial charge in [-0.25, -0.2) is 0 Å². The largest absolute Gasteiger partial charge is 0.311 e. The molecular weight excluding hydrogens is 783 g/mol. The first kappa shape index (κ1) is 38.9. The number of nitrogens with zero attached hydrogens (tertiary/aromatic N) is 1. The van der Waals surface area contributed by atoms with Gasteiger partial charge in [-0.2, -0.15) is 0 Å². The number of anilines is 3. The van der Waals surface area contributed by atoms with Crippen LogP contribution in [0.2, 0.25) is 0 Å². The molecule has 0 N–H and O–H groups in total. The van der Waals surface area contributed by atoms with Crippen molar-refractivity contribution in [3.05, 3.63) is 247 Å². The topological polar surface area (TPSA) is 3.24 Å². The Kier molecular flexibility index (Phi) is 8.94. The van der Waals surface area contributed by atoms with Gasteiger partial charge >= 0.3 is 0 Å². The SMILES string of the molecule is CC1(C)c2ccccc2-c2ccc(-c3ccc(N(c4ccc(-c5ccc6ccccc6c5)cc4)c4ccc(-c5ccccc5-c5cccc6c5C(C)(C)c5ccccc5-6)cc4)cc3)cc21. The van der Waals surface area contributed by atoms with Crippen LogP contribution >= 0.6 is 0 Å². The van der Waals surface area contributed by atoms with E-state index >= 15 is 0 Å². The Hall–Kier alpha value is -7.74. The fourth-order valence-corrected chi connectivity index (χ4v) is 11.1. The summed E-state index contributed by atoms with van der Waals surface area (Å²) in [5.41, 5.74) is 24.0. The highest BCUT2D eigenvalue weighted by atomic mass is 15.1. The van der Waals surface area contributed by atoms with Crippen LogP contribution in [0.25, 0.3) is 77.5 Å². The van der Waals surface area contributed by atoms with Gasteiger partial charge in [0, 0.05) is 27.9 Å². The van der Waals surface area contributed by atoms with Gasteiger partial charge < -0.3 is 4.90 Å². The molecule has 0 heterocycles. The summed E-state index contributed by atoms with van der Waals surface area (Å²) in [6, 6.07) is 83.2. The van der Waals surface area contributed by atoms with Gasteiger partial charge in [-0.1, -0.05) is 204 Å². The van der Waals surface area contributed by atoms with Gasteiger partial charge in [0.25, 0.3) is 0 Å². The molecule has 310 valence electrons. The van der Waals surface area contributed by atoms with Crippen LogP contribution in [0.5, 0.6) is 0 Å². The van der Waals surface area contributed by atoms with E-state index in [0.29, 0.717) is 0 Å². The highest BCUT2D eigenvalue weighted by Gasteiger charge is 2.38. The standard InChI is InChI=1S/C64H49N/c1-63(2)59-22-11-9-18-54(59)56-39-32-48(41-61(56)63)44-28-35-50(36-29-44)65(49-33-26-43(27-34-49)47-25-24-42-14-5-6-15-46(42)40-47)51-37-30-45(31-38-51)52-16-7-8-17-53(52)57-20-13-21-58-55-19-10-12-23-60(55)64(3,4)62(57)58/h5-41H,1-4H3. The molecule has 0 amide bonds. The van der Waals surface area contributed by atoms with Crippen LogP contribution in [0.1, 0.15) is 49.9 Å². The highest BCUT2D eigenvalue weighted by molar-refractivity contribution is 5.94. The number of hydrogen-bond donors (Lipinski definition) is 0.